The number of aromatic nitrogens is 1. The number of hydrogen-bond donors (Lipinski definition) is 1. The van der Waals surface area contributed by atoms with Crippen molar-refractivity contribution < 1.29 is 14.3 Å². The van der Waals surface area contributed by atoms with E-state index in [9.17, 15) is 9.59 Å². The number of fused-ring (bicyclic) bond motifs is 1. The molecule has 0 radical (unpaired) electrons. The van der Waals surface area contributed by atoms with E-state index >= 15 is 0 Å². The highest BCUT2D eigenvalue weighted by atomic mass is 79.9. The van der Waals surface area contributed by atoms with Gasteiger partial charge in [-0.2, -0.15) is 0 Å². The van der Waals surface area contributed by atoms with Gasteiger partial charge in [-0.15, -0.1) is 0 Å². The minimum Gasteiger partial charge on any atom is -0.449 e. The Labute approximate surface area is 176 Å². The highest BCUT2D eigenvalue weighted by molar-refractivity contribution is 9.10. The molecule has 5 heteroatoms. The van der Waals surface area contributed by atoms with Crippen LogP contribution in [0.15, 0.2) is 89.5 Å². The molecule has 0 saturated heterocycles. The Morgan fingerprint density at radius 1 is 0.897 bits per heavy atom. The van der Waals surface area contributed by atoms with Gasteiger partial charge in [-0.3, -0.25) is 9.59 Å². The van der Waals surface area contributed by atoms with E-state index in [4.69, 9.17) is 4.74 Å². The van der Waals surface area contributed by atoms with Crippen molar-refractivity contribution in [3.8, 4) is 0 Å². The summed E-state index contributed by atoms with van der Waals surface area (Å²) >= 11 is 3.38. The molecular weight excluding hydrogens is 430 g/mol. The molecule has 1 heterocycles. The Bertz CT molecular complexity index is 1150. The van der Waals surface area contributed by atoms with Gasteiger partial charge in [0, 0.05) is 32.7 Å². The van der Waals surface area contributed by atoms with Gasteiger partial charge in [-0.1, -0.05) is 76.6 Å². The second-order valence-electron chi connectivity index (χ2n) is 6.70. The van der Waals surface area contributed by atoms with Gasteiger partial charge in [0.1, 0.15) is 0 Å². The summed E-state index contributed by atoms with van der Waals surface area (Å²) in [6.45, 7) is 0. The van der Waals surface area contributed by atoms with Gasteiger partial charge in [0.15, 0.2) is 6.10 Å². The topological polar surface area (TPSA) is 59.2 Å². The third kappa shape index (κ3) is 4.30. The molecule has 0 amide bonds. The summed E-state index contributed by atoms with van der Waals surface area (Å²) in [5, 5.41) is 0.808. The zero-order chi connectivity index (χ0) is 20.2. The maximum absolute atomic E-state index is 13.3. The monoisotopic (exact) mass is 447 g/mol. The van der Waals surface area contributed by atoms with Crippen molar-refractivity contribution in [3.05, 3.63) is 106 Å². The van der Waals surface area contributed by atoms with E-state index in [1.807, 2.05) is 66.7 Å². The van der Waals surface area contributed by atoms with Gasteiger partial charge in [0.05, 0.1) is 6.42 Å². The Balaban J connectivity index is 1.62. The molecule has 1 N–H and O–H groups in total. The first-order valence-corrected chi connectivity index (χ1v) is 10.0. The van der Waals surface area contributed by atoms with E-state index < -0.39 is 12.1 Å². The third-order valence-electron chi connectivity index (χ3n) is 4.71. The molecule has 0 bridgehead atoms. The Hall–Kier alpha value is -3.18. The Kier molecular flexibility index (Phi) is 5.58. The summed E-state index contributed by atoms with van der Waals surface area (Å²) in [6.07, 6.45) is 0.766. The fourth-order valence-corrected chi connectivity index (χ4v) is 3.52. The van der Waals surface area contributed by atoms with Crippen molar-refractivity contribution in [2.75, 3.05) is 0 Å². The largest absolute Gasteiger partial charge is 0.449 e. The van der Waals surface area contributed by atoms with Gasteiger partial charge >= 0.3 is 5.97 Å². The number of hydrogen-bond acceptors (Lipinski definition) is 3. The highest BCUT2D eigenvalue weighted by Crippen LogP contribution is 2.27. The fraction of sp³-hybridized carbons (Fsp3) is 0.0833. The number of ketones is 1. The second kappa shape index (κ2) is 8.45. The number of carbonyl (C=O) groups excluding carboxylic acids is 2. The second-order valence-corrected chi connectivity index (χ2v) is 7.61. The number of nitrogens with one attached hydrogen (secondary N) is 1. The first-order chi connectivity index (χ1) is 14.1. The zero-order valence-electron chi connectivity index (χ0n) is 15.5. The summed E-state index contributed by atoms with van der Waals surface area (Å²) in [5.74, 6) is -0.702. The number of esters is 1. The summed E-state index contributed by atoms with van der Waals surface area (Å²) in [5.41, 5.74) is 2.84. The summed E-state index contributed by atoms with van der Waals surface area (Å²) in [4.78, 5) is 29.1. The quantitative estimate of drug-likeness (QED) is 0.307. The normalized spacial score (nSPS) is 11.9. The number of Topliss-reactive ketones (excluding diaryl/α,β-unsaturated/α-hetero) is 1. The Morgan fingerprint density at radius 3 is 2.34 bits per heavy atom. The van der Waals surface area contributed by atoms with Crippen LogP contribution in [0.4, 0.5) is 0 Å². The molecular formula is C24H18BrNO3. The van der Waals surface area contributed by atoms with Gasteiger partial charge in [-0.05, 0) is 23.8 Å². The van der Waals surface area contributed by atoms with Gasteiger partial charge in [0.2, 0.25) is 5.78 Å². The predicted molar refractivity (Wildman–Crippen MR) is 116 cm³/mol. The van der Waals surface area contributed by atoms with Crippen LogP contribution in [-0.2, 0) is 16.0 Å². The van der Waals surface area contributed by atoms with Crippen molar-refractivity contribution in [2.45, 2.75) is 12.5 Å². The number of aromatic amines is 1. The molecule has 4 rings (SSSR count). The number of para-hydroxylation sites is 1. The lowest BCUT2D eigenvalue weighted by Crippen LogP contribution is -2.21. The molecule has 3 aromatic carbocycles. The minimum absolute atomic E-state index is 0.0950. The molecule has 0 saturated carbocycles. The van der Waals surface area contributed by atoms with E-state index in [0.717, 1.165) is 20.9 Å². The number of halogens is 1. The third-order valence-corrected chi connectivity index (χ3v) is 5.23. The van der Waals surface area contributed by atoms with Crippen LogP contribution in [-0.4, -0.2) is 16.7 Å². The van der Waals surface area contributed by atoms with E-state index in [0.29, 0.717) is 11.1 Å². The summed E-state index contributed by atoms with van der Waals surface area (Å²) in [6, 6.07) is 24.1. The van der Waals surface area contributed by atoms with E-state index in [1.54, 1.807) is 18.3 Å². The average molecular weight is 448 g/mol. The number of carbonyl (C=O) groups is 2. The lowest BCUT2D eigenvalue weighted by atomic mass is 9.99. The molecule has 0 aliphatic rings. The SMILES string of the molecule is O=C(Cc1ccc(Br)cc1)O[C@H](C(=O)c1c[nH]c2ccccc12)c1ccccc1. The van der Waals surface area contributed by atoms with Crippen LogP contribution >= 0.6 is 15.9 Å². The van der Waals surface area contributed by atoms with Gasteiger partial charge in [0.25, 0.3) is 0 Å². The molecule has 0 spiro atoms. The lowest BCUT2D eigenvalue weighted by Gasteiger charge is -2.17. The van der Waals surface area contributed by atoms with Crippen molar-refractivity contribution in [1.82, 2.24) is 4.98 Å². The number of benzene rings is 3. The maximum Gasteiger partial charge on any atom is 0.311 e. The van der Waals surface area contributed by atoms with E-state index in [1.165, 1.54) is 0 Å². The van der Waals surface area contributed by atoms with Crippen LogP contribution in [0.2, 0.25) is 0 Å². The Morgan fingerprint density at radius 2 is 1.59 bits per heavy atom. The number of ether oxygens (including phenoxy) is 1. The summed E-state index contributed by atoms with van der Waals surface area (Å²) < 4.78 is 6.63. The molecule has 1 aromatic heterocycles. The highest BCUT2D eigenvalue weighted by Gasteiger charge is 2.28. The van der Waals surface area contributed by atoms with Crippen LogP contribution in [0, 0.1) is 0 Å². The molecule has 29 heavy (non-hydrogen) atoms. The smallest absolute Gasteiger partial charge is 0.311 e. The molecule has 0 unspecified atom stereocenters. The van der Waals surface area contributed by atoms with Crippen molar-refractivity contribution in [3.63, 3.8) is 0 Å². The lowest BCUT2D eigenvalue weighted by molar-refractivity contribution is -0.146. The van der Waals surface area contributed by atoms with Gasteiger partial charge < -0.3 is 9.72 Å². The number of H-pyrrole nitrogens is 1. The molecule has 0 aliphatic heterocycles. The van der Waals surface area contributed by atoms with Crippen molar-refractivity contribution >= 4 is 38.6 Å². The van der Waals surface area contributed by atoms with Crippen LogP contribution < -0.4 is 0 Å². The fourth-order valence-electron chi connectivity index (χ4n) is 3.26. The molecule has 4 nitrogen and oxygen atoms in total. The van der Waals surface area contributed by atoms with Gasteiger partial charge in [-0.25, -0.2) is 0 Å². The van der Waals surface area contributed by atoms with Crippen molar-refractivity contribution in [1.29, 1.82) is 0 Å². The van der Waals surface area contributed by atoms with Crippen LogP contribution in [0.5, 0.6) is 0 Å². The molecule has 4 aromatic rings. The van der Waals surface area contributed by atoms with E-state index in [-0.39, 0.29) is 12.2 Å². The average Bonchev–Trinajstić information content (AvgIpc) is 3.18. The van der Waals surface area contributed by atoms with Crippen LogP contribution in [0.3, 0.4) is 0 Å². The standard InChI is InChI=1S/C24H18BrNO3/c25-18-12-10-16(11-13-18)14-22(27)29-24(17-6-2-1-3-7-17)23(28)20-15-26-21-9-5-4-8-19(20)21/h1-13,15,24,26H,14H2/t24-/m0/s1. The minimum atomic E-state index is -1.00. The van der Waals surface area contributed by atoms with Crippen LogP contribution in [0.1, 0.15) is 27.6 Å². The van der Waals surface area contributed by atoms with E-state index in [2.05, 4.69) is 20.9 Å². The summed E-state index contributed by atoms with van der Waals surface area (Å²) in [7, 11) is 0. The predicted octanol–water partition coefficient (Wildman–Crippen LogP) is 5.64. The zero-order valence-corrected chi connectivity index (χ0v) is 17.1. The number of rotatable bonds is 6. The first kappa shape index (κ1) is 19.2. The molecule has 1 atom stereocenters. The molecule has 0 aliphatic carbocycles. The first-order valence-electron chi connectivity index (χ1n) is 9.21. The van der Waals surface area contributed by atoms with Crippen LogP contribution in [0.25, 0.3) is 10.9 Å². The maximum atomic E-state index is 13.3. The molecule has 144 valence electrons. The van der Waals surface area contributed by atoms with Crippen molar-refractivity contribution in [2.24, 2.45) is 0 Å². The molecule has 0 fully saturated rings.